The van der Waals surface area contributed by atoms with E-state index in [4.69, 9.17) is 4.74 Å². The highest BCUT2D eigenvalue weighted by atomic mass is 16.5. The number of rotatable bonds is 7. The number of aromatic nitrogens is 2. The average Bonchev–Trinajstić information content (AvgIpc) is 3.24. The molecule has 0 aliphatic carbocycles. The van der Waals surface area contributed by atoms with E-state index >= 15 is 0 Å². The zero-order valence-electron chi connectivity index (χ0n) is 19.0. The number of hydrogen-bond acceptors (Lipinski definition) is 5. The van der Waals surface area contributed by atoms with Crippen molar-refractivity contribution in [3.8, 4) is 5.69 Å². The normalized spacial score (nSPS) is 14.3. The van der Waals surface area contributed by atoms with Crippen molar-refractivity contribution in [2.45, 2.75) is 20.4 Å². The summed E-state index contributed by atoms with van der Waals surface area (Å²) in [5, 5.41) is 10.3. The van der Waals surface area contributed by atoms with Crippen molar-refractivity contribution in [1.82, 2.24) is 14.7 Å². The molecular weight excluding hydrogens is 418 g/mol. The highest BCUT2D eigenvalue weighted by Gasteiger charge is 2.19. The van der Waals surface area contributed by atoms with E-state index in [0.717, 1.165) is 44.1 Å². The Morgan fingerprint density at radius 2 is 1.76 bits per heavy atom. The first-order valence-electron chi connectivity index (χ1n) is 11.2. The molecule has 0 atom stereocenters. The molecule has 1 aliphatic rings. The van der Waals surface area contributed by atoms with Crippen LogP contribution in [0, 0.1) is 5.92 Å². The highest BCUT2D eigenvalue weighted by Crippen LogP contribution is 2.20. The molecule has 0 bridgehead atoms. The molecule has 8 nitrogen and oxygen atoms in total. The number of carbonyl (C=O) groups excluding carboxylic acids is 2. The molecule has 1 saturated heterocycles. The summed E-state index contributed by atoms with van der Waals surface area (Å²) in [7, 11) is 0. The molecule has 3 aromatic rings. The Labute approximate surface area is 193 Å². The second-order valence-corrected chi connectivity index (χ2v) is 8.35. The molecule has 4 rings (SSSR count). The summed E-state index contributed by atoms with van der Waals surface area (Å²) in [6.07, 6.45) is 0. The SMILES string of the molecule is CC(C)C(=O)Nc1cc(C(=O)Nc2cccc(CN3CCOCC3)c2)nn1-c1ccccc1. The summed E-state index contributed by atoms with van der Waals surface area (Å²) in [5.41, 5.74) is 2.79. The molecule has 2 aromatic carbocycles. The Bertz CT molecular complexity index is 1100. The number of amides is 2. The number of carbonyl (C=O) groups is 2. The lowest BCUT2D eigenvalue weighted by atomic mass is 10.1. The maximum Gasteiger partial charge on any atom is 0.276 e. The summed E-state index contributed by atoms with van der Waals surface area (Å²) >= 11 is 0. The van der Waals surface area contributed by atoms with Gasteiger partial charge in [0, 0.05) is 37.3 Å². The van der Waals surface area contributed by atoms with Crippen LogP contribution in [0.1, 0.15) is 29.9 Å². The topological polar surface area (TPSA) is 88.5 Å². The van der Waals surface area contributed by atoms with Gasteiger partial charge in [-0.25, -0.2) is 4.68 Å². The lowest BCUT2D eigenvalue weighted by Gasteiger charge is -2.26. The Kier molecular flexibility index (Phi) is 7.16. The van der Waals surface area contributed by atoms with Crippen molar-refractivity contribution in [1.29, 1.82) is 0 Å². The van der Waals surface area contributed by atoms with Crippen LogP contribution in [0.25, 0.3) is 5.69 Å². The van der Waals surface area contributed by atoms with Crippen molar-refractivity contribution in [2.75, 3.05) is 36.9 Å². The van der Waals surface area contributed by atoms with Gasteiger partial charge in [0.2, 0.25) is 5.91 Å². The molecule has 1 fully saturated rings. The minimum Gasteiger partial charge on any atom is -0.379 e. The van der Waals surface area contributed by atoms with Crippen LogP contribution in [-0.2, 0) is 16.1 Å². The van der Waals surface area contributed by atoms with Gasteiger partial charge in [-0.1, -0.05) is 44.2 Å². The summed E-state index contributed by atoms with van der Waals surface area (Å²) in [6.45, 7) is 7.73. The van der Waals surface area contributed by atoms with Crippen LogP contribution >= 0.6 is 0 Å². The van der Waals surface area contributed by atoms with Crippen LogP contribution in [0.5, 0.6) is 0 Å². The predicted octanol–water partition coefficient (Wildman–Crippen LogP) is 3.55. The lowest BCUT2D eigenvalue weighted by Crippen LogP contribution is -2.35. The molecule has 33 heavy (non-hydrogen) atoms. The number of benzene rings is 2. The molecule has 8 heteroatoms. The molecule has 0 unspecified atom stereocenters. The fourth-order valence-electron chi connectivity index (χ4n) is 3.58. The van der Waals surface area contributed by atoms with Gasteiger partial charge < -0.3 is 15.4 Å². The molecule has 172 valence electrons. The lowest BCUT2D eigenvalue weighted by molar-refractivity contribution is -0.118. The Morgan fingerprint density at radius 3 is 2.48 bits per heavy atom. The molecule has 2 N–H and O–H groups in total. The number of ether oxygens (including phenoxy) is 1. The van der Waals surface area contributed by atoms with Gasteiger partial charge in [-0.2, -0.15) is 5.10 Å². The predicted molar refractivity (Wildman–Crippen MR) is 128 cm³/mol. The standard InChI is InChI=1S/C25H29N5O3/c1-18(2)24(31)27-23-16-22(28-30(23)21-9-4-3-5-10-21)25(32)26-20-8-6-7-19(15-20)17-29-11-13-33-14-12-29/h3-10,15-16,18H,11-14,17H2,1-2H3,(H,26,32)(H,27,31). The molecule has 1 aliphatic heterocycles. The molecule has 1 aromatic heterocycles. The van der Waals surface area contributed by atoms with Gasteiger partial charge in [0.1, 0.15) is 5.82 Å². The Morgan fingerprint density at radius 1 is 1.00 bits per heavy atom. The Hall–Kier alpha value is -3.49. The van der Waals surface area contributed by atoms with Gasteiger partial charge >= 0.3 is 0 Å². The van der Waals surface area contributed by atoms with Gasteiger partial charge in [-0.15, -0.1) is 0 Å². The van der Waals surface area contributed by atoms with Gasteiger partial charge in [0.15, 0.2) is 5.69 Å². The molecule has 0 saturated carbocycles. The van der Waals surface area contributed by atoms with Gasteiger partial charge in [0.25, 0.3) is 5.91 Å². The van der Waals surface area contributed by atoms with Crippen LogP contribution in [0.2, 0.25) is 0 Å². The molecule has 0 spiro atoms. The van der Waals surface area contributed by atoms with E-state index in [1.165, 1.54) is 0 Å². The minimum absolute atomic E-state index is 0.144. The van der Waals surface area contributed by atoms with Crippen molar-refractivity contribution in [2.24, 2.45) is 5.92 Å². The smallest absolute Gasteiger partial charge is 0.276 e. The van der Waals surface area contributed by atoms with Gasteiger partial charge in [-0.3, -0.25) is 14.5 Å². The van der Waals surface area contributed by atoms with Gasteiger partial charge in [-0.05, 0) is 29.8 Å². The van der Waals surface area contributed by atoms with E-state index in [9.17, 15) is 9.59 Å². The van der Waals surface area contributed by atoms with E-state index < -0.39 is 0 Å². The third-order valence-electron chi connectivity index (χ3n) is 5.41. The molecular formula is C25H29N5O3. The highest BCUT2D eigenvalue weighted by molar-refractivity contribution is 6.04. The average molecular weight is 448 g/mol. The second kappa shape index (κ2) is 10.4. The van der Waals surface area contributed by atoms with Crippen LogP contribution in [0.3, 0.4) is 0 Å². The summed E-state index contributed by atoms with van der Waals surface area (Å²) < 4.78 is 6.98. The van der Waals surface area contributed by atoms with E-state index in [2.05, 4.69) is 26.7 Å². The minimum atomic E-state index is -0.340. The first-order valence-corrected chi connectivity index (χ1v) is 11.2. The zero-order valence-corrected chi connectivity index (χ0v) is 19.0. The zero-order chi connectivity index (χ0) is 23.2. The molecule has 2 amide bonds. The number of hydrogen-bond donors (Lipinski definition) is 2. The quantitative estimate of drug-likeness (QED) is 0.578. The number of anilines is 2. The summed E-state index contributed by atoms with van der Waals surface area (Å²) in [4.78, 5) is 27.6. The number of morpholine rings is 1. The first kappa shape index (κ1) is 22.7. The fourth-order valence-corrected chi connectivity index (χ4v) is 3.58. The fraction of sp³-hybridized carbons (Fsp3) is 0.320. The number of para-hydroxylation sites is 1. The van der Waals surface area contributed by atoms with E-state index in [1.54, 1.807) is 10.7 Å². The summed E-state index contributed by atoms with van der Waals surface area (Å²) in [5.74, 6) is -0.232. The number of nitrogens with zero attached hydrogens (tertiary/aromatic N) is 3. The van der Waals surface area contributed by atoms with Crippen molar-refractivity contribution < 1.29 is 14.3 Å². The second-order valence-electron chi connectivity index (χ2n) is 8.35. The maximum atomic E-state index is 13.0. The van der Waals surface area contributed by atoms with Crippen molar-refractivity contribution >= 4 is 23.3 Å². The number of nitrogens with one attached hydrogen (secondary N) is 2. The molecule has 2 heterocycles. The maximum absolute atomic E-state index is 13.0. The van der Waals surface area contributed by atoms with Crippen LogP contribution in [0.4, 0.5) is 11.5 Å². The van der Waals surface area contributed by atoms with E-state index in [-0.39, 0.29) is 23.4 Å². The monoisotopic (exact) mass is 447 g/mol. The van der Waals surface area contributed by atoms with E-state index in [0.29, 0.717) is 11.5 Å². The van der Waals surface area contributed by atoms with Crippen LogP contribution in [-0.4, -0.2) is 52.8 Å². The van der Waals surface area contributed by atoms with E-state index in [1.807, 2.05) is 62.4 Å². The van der Waals surface area contributed by atoms with Crippen molar-refractivity contribution in [3.05, 3.63) is 71.9 Å². The largest absolute Gasteiger partial charge is 0.379 e. The molecule has 0 radical (unpaired) electrons. The third kappa shape index (κ3) is 5.85. The Balaban J connectivity index is 1.52. The van der Waals surface area contributed by atoms with Crippen LogP contribution in [0.15, 0.2) is 60.7 Å². The van der Waals surface area contributed by atoms with Gasteiger partial charge in [0.05, 0.1) is 18.9 Å². The van der Waals surface area contributed by atoms with Crippen molar-refractivity contribution in [3.63, 3.8) is 0 Å². The summed E-state index contributed by atoms with van der Waals surface area (Å²) in [6, 6.07) is 18.8. The third-order valence-corrected chi connectivity index (χ3v) is 5.41. The van der Waals surface area contributed by atoms with Crippen LogP contribution < -0.4 is 10.6 Å². The first-order chi connectivity index (χ1) is 16.0.